The van der Waals surface area contributed by atoms with Crippen molar-refractivity contribution in [1.82, 2.24) is 9.80 Å². The molecule has 2 aromatic carbocycles. The van der Waals surface area contributed by atoms with Gasteiger partial charge in [-0.25, -0.2) is 4.99 Å². The summed E-state index contributed by atoms with van der Waals surface area (Å²) in [6.07, 6.45) is 5.54. The van der Waals surface area contributed by atoms with Crippen molar-refractivity contribution in [2.24, 2.45) is 16.6 Å². The number of amidine groups is 2. The summed E-state index contributed by atoms with van der Waals surface area (Å²) >= 11 is 0. The lowest BCUT2D eigenvalue weighted by Gasteiger charge is -2.21. The van der Waals surface area contributed by atoms with Gasteiger partial charge in [-0.15, -0.1) is 0 Å². The van der Waals surface area contributed by atoms with Crippen molar-refractivity contribution in [1.29, 1.82) is 16.2 Å². The Labute approximate surface area is 217 Å². The third-order valence-corrected chi connectivity index (χ3v) is 6.41. The molecule has 0 radical (unpaired) electrons. The molecule has 0 aliphatic carbocycles. The van der Waals surface area contributed by atoms with Crippen LogP contribution in [0.5, 0.6) is 0 Å². The molecule has 7 heteroatoms. The molecule has 2 aromatic rings. The summed E-state index contributed by atoms with van der Waals surface area (Å²) in [5.41, 5.74) is 10.4. The lowest BCUT2D eigenvalue weighted by Crippen LogP contribution is -2.27. The van der Waals surface area contributed by atoms with Crippen LogP contribution in [0.4, 0.5) is 0 Å². The number of benzene rings is 2. The molecule has 0 aliphatic rings. The zero-order valence-electron chi connectivity index (χ0n) is 22.3. The summed E-state index contributed by atoms with van der Waals surface area (Å²) in [6.45, 7) is 2.68. The van der Waals surface area contributed by atoms with Gasteiger partial charge in [0.15, 0.2) is 0 Å². The van der Waals surface area contributed by atoms with Gasteiger partial charge in [0.1, 0.15) is 5.84 Å². The molecule has 0 spiro atoms. The SMILES string of the molecule is CCC(CC(=N)N(C)C)C(=N)CCCc1cccc(CN(C)C(=N)N=C(N)CCc2ccccc2)c1. The molecule has 0 heterocycles. The number of hydrogen-bond donors (Lipinski definition) is 4. The molecule has 0 saturated heterocycles. The number of nitrogens with two attached hydrogens (primary N) is 1. The minimum Gasteiger partial charge on any atom is -0.387 e. The van der Waals surface area contributed by atoms with Crippen LogP contribution in [0.1, 0.15) is 55.7 Å². The fourth-order valence-corrected chi connectivity index (χ4v) is 4.04. The Morgan fingerprint density at radius 3 is 2.22 bits per heavy atom. The molecule has 0 aromatic heterocycles. The largest absolute Gasteiger partial charge is 0.387 e. The van der Waals surface area contributed by atoms with E-state index in [1.54, 1.807) is 4.90 Å². The minimum absolute atomic E-state index is 0.145. The first-order valence-corrected chi connectivity index (χ1v) is 12.8. The minimum atomic E-state index is 0.145. The maximum atomic E-state index is 8.49. The van der Waals surface area contributed by atoms with E-state index >= 15 is 0 Å². The normalized spacial score (nSPS) is 12.2. The third-order valence-electron chi connectivity index (χ3n) is 6.41. The van der Waals surface area contributed by atoms with Crippen molar-refractivity contribution in [2.75, 3.05) is 21.1 Å². The van der Waals surface area contributed by atoms with Crippen LogP contribution in [0, 0.1) is 22.1 Å². The number of guanidine groups is 1. The van der Waals surface area contributed by atoms with Gasteiger partial charge in [-0.2, -0.15) is 0 Å². The van der Waals surface area contributed by atoms with Crippen LogP contribution in [-0.2, 0) is 19.4 Å². The van der Waals surface area contributed by atoms with Gasteiger partial charge in [0.05, 0.1) is 5.84 Å². The molecular weight excluding hydrogens is 446 g/mol. The molecule has 0 aliphatic heterocycles. The summed E-state index contributed by atoms with van der Waals surface area (Å²) in [5, 5.41) is 24.9. The van der Waals surface area contributed by atoms with Crippen LogP contribution in [0.2, 0.25) is 0 Å². The lowest BCUT2D eigenvalue weighted by atomic mass is 9.91. The maximum absolute atomic E-state index is 8.49. The van der Waals surface area contributed by atoms with Crippen LogP contribution in [0.25, 0.3) is 0 Å². The number of nitrogens with zero attached hydrogens (tertiary/aromatic N) is 3. The van der Waals surface area contributed by atoms with Crippen molar-refractivity contribution in [3.63, 3.8) is 0 Å². The third kappa shape index (κ3) is 10.0. The highest BCUT2D eigenvalue weighted by molar-refractivity contribution is 5.93. The summed E-state index contributed by atoms with van der Waals surface area (Å²) < 4.78 is 0. The molecular formula is C29H43N7. The molecule has 194 valence electrons. The predicted molar refractivity (Wildman–Crippen MR) is 152 cm³/mol. The molecule has 0 amide bonds. The van der Waals surface area contributed by atoms with E-state index in [4.69, 9.17) is 22.0 Å². The number of hydrogen-bond acceptors (Lipinski definition) is 3. The predicted octanol–water partition coefficient (Wildman–Crippen LogP) is 5.34. The van der Waals surface area contributed by atoms with E-state index in [0.717, 1.165) is 43.4 Å². The van der Waals surface area contributed by atoms with E-state index in [2.05, 4.69) is 48.3 Å². The fourth-order valence-electron chi connectivity index (χ4n) is 4.04. The van der Waals surface area contributed by atoms with Gasteiger partial charge in [0.2, 0.25) is 5.96 Å². The van der Waals surface area contributed by atoms with Gasteiger partial charge in [0.25, 0.3) is 0 Å². The van der Waals surface area contributed by atoms with Crippen LogP contribution in [-0.4, -0.2) is 54.3 Å². The Morgan fingerprint density at radius 2 is 1.56 bits per heavy atom. The summed E-state index contributed by atoms with van der Waals surface area (Å²) in [5.74, 6) is 1.36. The quantitative estimate of drug-likeness (QED) is 0.225. The van der Waals surface area contributed by atoms with Gasteiger partial charge >= 0.3 is 0 Å². The number of aryl methyl sites for hydroxylation is 2. The molecule has 36 heavy (non-hydrogen) atoms. The van der Waals surface area contributed by atoms with Crippen molar-refractivity contribution < 1.29 is 0 Å². The van der Waals surface area contributed by atoms with Crippen LogP contribution < -0.4 is 5.73 Å². The Morgan fingerprint density at radius 1 is 0.889 bits per heavy atom. The average Bonchev–Trinajstić information content (AvgIpc) is 2.86. The van der Waals surface area contributed by atoms with E-state index in [1.165, 1.54) is 11.1 Å². The Balaban J connectivity index is 1.83. The zero-order valence-corrected chi connectivity index (χ0v) is 22.3. The van der Waals surface area contributed by atoms with Gasteiger partial charge in [0, 0.05) is 52.2 Å². The molecule has 5 N–H and O–H groups in total. The first kappa shape index (κ1) is 28.8. The van der Waals surface area contributed by atoms with E-state index < -0.39 is 0 Å². The number of aliphatic imine (C=N–C) groups is 1. The van der Waals surface area contributed by atoms with Crippen LogP contribution >= 0.6 is 0 Å². The lowest BCUT2D eigenvalue weighted by molar-refractivity contribution is 0.491. The van der Waals surface area contributed by atoms with Gasteiger partial charge in [-0.05, 0) is 48.8 Å². The maximum Gasteiger partial charge on any atom is 0.219 e. The standard InChI is InChI=1S/C29H43N7/c1-5-25(20-28(32)35(2)3)26(30)16-10-14-23-13-9-15-24(19-23)21-36(4)29(33)34-27(31)18-17-22-11-7-6-8-12-22/h6-9,11-13,15,19,25,30,32H,5,10,14,16-18,20-21H2,1-4H3,(H3,31,33,34). The van der Waals surface area contributed by atoms with Crippen molar-refractivity contribution in [3.8, 4) is 0 Å². The molecule has 1 unspecified atom stereocenters. The van der Waals surface area contributed by atoms with Gasteiger partial charge < -0.3 is 20.9 Å². The van der Waals surface area contributed by atoms with Gasteiger partial charge in [-0.1, -0.05) is 61.5 Å². The Bertz CT molecular complexity index is 1030. The van der Waals surface area contributed by atoms with Crippen molar-refractivity contribution in [3.05, 3.63) is 71.3 Å². The van der Waals surface area contributed by atoms with E-state index in [-0.39, 0.29) is 11.9 Å². The second-order valence-corrected chi connectivity index (χ2v) is 9.62. The molecule has 2 rings (SSSR count). The molecule has 0 fully saturated rings. The highest BCUT2D eigenvalue weighted by Crippen LogP contribution is 2.17. The zero-order chi connectivity index (χ0) is 26.5. The monoisotopic (exact) mass is 489 g/mol. The Kier molecular flexibility index (Phi) is 11.8. The molecule has 1 atom stereocenters. The van der Waals surface area contributed by atoms with E-state index in [9.17, 15) is 0 Å². The van der Waals surface area contributed by atoms with Crippen molar-refractivity contribution in [2.45, 2.75) is 58.4 Å². The number of rotatable bonds is 13. The molecule has 7 nitrogen and oxygen atoms in total. The summed E-state index contributed by atoms with van der Waals surface area (Å²) in [6, 6.07) is 18.6. The first-order chi connectivity index (χ1) is 17.2. The smallest absolute Gasteiger partial charge is 0.219 e. The number of nitrogens with one attached hydrogen (secondary N) is 3. The first-order valence-electron chi connectivity index (χ1n) is 12.8. The Hall–Kier alpha value is -3.48. The van der Waals surface area contributed by atoms with Crippen molar-refractivity contribution >= 4 is 23.3 Å². The fraction of sp³-hybridized carbons (Fsp3) is 0.448. The van der Waals surface area contributed by atoms with E-state index in [0.29, 0.717) is 31.1 Å². The van der Waals surface area contributed by atoms with Gasteiger partial charge in [-0.3, -0.25) is 10.8 Å². The average molecular weight is 490 g/mol. The highest BCUT2D eigenvalue weighted by Gasteiger charge is 2.16. The van der Waals surface area contributed by atoms with E-state index in [1.807, 2.05) is 44.2 Å². The summed E-state index contributed by atoms with van der Waals surface area (Å²) in [7, 11) is 5.64. The molecule has 0 saturated carbocycles. The topological polar surface area (TPSA) is 116 Å². The molecule has 0 bridgehead atoms. The second kappa shape index (κ2) is 14.8. The summed E-state index contributed by atoms with van der Waals surface area (Å²) in [4.78, 5) is 7.92. The van der Waals surface area contributed by atoms with Crippen LogP contribution in [0.15, 0.2) is 59.6 Å². The highest BCUT2D eigenvalue weighted by atomic mass is 15.2. The van der Waals surface area contributed by atoms with Crippen LogP contribution in [0.3, 0.4) is 0 Å². The second-order valence-electron chi connectivity index (χ2n) is 9.62.